The molecular formula is C20H26N4O4. The van der Waals surface area contributed by atoms with Gasteiger partial charge in [-0.15, -0.1) is 5.10 Å². The zero-order chi connectivity index (χ0) is 20.1. The second kappa shape index (κ2) is 8.77. The number of hydrogen-bond acceptors (Lipinski definition) is 6. The minimum absolute atomic E-state index is 0.248. The first-order chi connectivity index (χ1) is 13.5. The largest absolute Gasteiger partial charge is 0.497 e. The van der Waals surface area contributed by atoms with E-state index in [1.54, 1.807) is 14.2 Å². The summed E-state index contributed by atoms with van der Waals surface area (Å²) >= 11 is 0. The molecule has 8 heteroatoms. The number of amides is 1. The van der Waals surface area contributed by atoms with E-state index in [-0.39, 0.29) is 5.92 Å². The molecule has 0 unspecified atom stereocenters. The van der Waals surface area contributed by atoms with E-state index in [1.807, 2.05) is 31.2 Å². The van der Waals surface area contributed by atoms with Crippen molar-refractivity contribution in [2.75, 3.05) is 32.6 Å². The average Bonchev–Trinajstić information content (AvgIpc) is 2.72. The first kappa shape index (κ1) is 19.7. The molecule has 8 nitrogen and oxygen atoms in total. The molecule has 28 heavy (non-hydrogen) atoms. The van der Waals surface area contributed by atoms with Crippen molar-refractivity contribution in [2.24, 2.45) is 0 Å². The molecule has 3 rings (SSSR count). The molecule has 0 saturated carbocycles. The highest BCUT2D eigenvalue weighted by molar-refractivity contribution is 5.65. The fourth-order valence-electron chi connectivity index (χ4n) is 3.42. The van der Waals surface area contributed by atoms with Gasteiger partial charge in [-0.05, 0) is 43.5 Å². The standard InChI is InChI=1S/C20H26N4O4/c1-13-10-17(14-6-8-24(9-7-14)20(25)26)22-23-19(13)21-12-15-4-5-16(27-2)11-18(15)28-3/h4-5,10-11,14H,6-9,12H2,1-3H3,(H,21,23)(H,25,26). The molecule has 1 aliphatic heterocycles. The second-order valence-corrected chi connectivity index (χ2v) is 6.88. The number of likely N-dealkylation sites (tertiary alicyclic amines) is 1. The number of rotatable bonds is 6. The molecule has 2 heterocycles. The first-order valence-corrected chi connectivity index (χ1v) is 9.28. The van der Waals surface area contributed by atoms with Crippen LogP contribution in [0.1, 0.15) is 35.6 Å². The van der Waals surface area contributed by atoms with Crippen molar-refractivity contribution in [3.8, 4) is 11.5 Å². The number of aromatic nitrogens is 2. The van der Waals surface area contributed by atoms with E-state index in [4.69, 9.17) is 14.6 Å². The summed E-state index contributed by atoms with van der Waals surface area (Å²) in [5, 5.41) is 21.1. The van der Waals surface area contributed by atoms with Gasteiger partial charge in [0.05, 0.1) is 19.9 Å². The molecule has 0 bridgehead atoms. The van der Waals surface area contributed by atoms with Crippen molar-refractivity contribution < 1.29 is 19.4 Å². The molecule has 2 aromatic rings. The molecule has 0 radical (unpaired) electrons. The predicted octanol–water partition coefficient (Wildman–Crippen LogP) is 3.27. The zero-order valence-electron chi connectivity index (χ0n) is 16.4. The lowest BCUT2D eigenvalue weighted by Crippen LogP contribution is -2.37. The van der Waals surface area contributed by atoms with Crippen LogP contribution < -0.4 is 14.8 Å². The highest BCUT2D eigenvalue weighted by Crippen LogP contribution is 2.29. The quantitative estimate of drug-likeness (QED) is 0.786. The molecule has 0 spiro atoms. The third kappa shape index (κ3) is 4.44. The fourth-order valence-corrected chi connectivity index (χ4v) is 3.42. The molecular weight excluding hydrogens is 360 g/mol. The van der Waals surface area contributed by atoms with Crippen molar-refractivity contribution in [2.45, 2.75) is 32.2 Å². The van der Waals surface area contributed by atoms with Crippen LogP contribution in [0.15, 0.2) is 24.3 Å². The number of nitrogens with one attached hydrogen (secondary N) is 1. The molecule has 0 aliphatic carbocycles. The van der Waals surface area contributed by atoms with Gasteiger partial charge in [-0.3, -0.25) is 0 Å². The van der Waals surface area contributed by atoms with Gasteiger partial charge in [-0.2, -0.15) is 5.10 Å². The van der Waals surface area contributed by atoms with Gasteiger partial charge < -0.3 is 24.8 Å². The molecule has 1 aromatic heterocycles. The van der Waals surface area contributed by atoms with Crippen molar-refractivity contribution >= 4 is 11.9 Å². The van der Waals surface area contributed by atoms with Crippen LogP contribution in [0.3, 0.4) is 0 Å². The van der Waals surface area contributed by atoms with Crippen LogP contribution in [0.5, 0.6) is 11.5 Å². The maximum atomic E-state index is 11.0. The zero-order valence-corrected chi connectivity index (χ0v) is 16.4. The molecule has 1 aliphatic rings. The number of benzene rings is 1. The van der Waals surface area contributed by atoms with Gasteiger partial charge >= 0.3 is 6.09 Å². The van der Waals surface area contributed by atoms with Crippen molar-refractivity contribution in [1.82, 2.24) is 15.1 Å². The number of ether oxygens (including phenoxy) is 2. The number of hydrogen-bond donors (Lipinski definition) is 2. The summed E-state index contributed by atoms with van der Waals surface area (Å²) in [6.45, 7) is 3.63. The van der Waals surface area contributed by atoms with Crippen LogP contribution >= 0.6 is 0 Å². The second-order valence-electron chi connectivity index (χ2n) is 6.88. The molecule has 150 valence electrons. The summed E-state index contributed by atoms with van der Waals surface area (Å²) in [6, 6.07) is 7.74. The van der Waals surface area contributed by atoms with Crippen molar-refractivity contribution in [3.63, 3.8) is 0 Å². The number of nitrogens with zero attached hydrogens (tertiary/aromatic N) is 3. The highest BCUT2D eigenvalue weighted by Gasteiger charge is 2.24. The number of aryl methyl sites for hydroxylation is 1. The molecule has 1 aromatic carbocycles. The van der Waals surface area contributed by atoms with E-state index in [2.05, 4.69) is 15.5 Å². The van der Waals surface area contributed by atoms with Crippen molar-refractivity contribution in [1.29, 1.82) is 0 Å². The Hall–Kier alpha value is -3.03. The lowest BCUT2D eigenvalue weighted by atomic mass is 9.93. The normalized spacial score (nSPS) is 14.6. The number of carbonyl (C=O) groups is 1. The van der Waals surface area contributed by atoms with Gasteiger partial charge in [0, 0.05) is 37.2 Å². The monoisotopic (exact) mass is 386 g/mol. The van der Waals surface area contributed by atoms with Crippen LogP contribution in [0, 0.1) is 6.92 Å². The third-order valence-electron chi connectivity index (χ3n) is 5.13. The molecule has 1 saturated heterocycles. The Balaban J connectivity index is 1.64. The minimum Gasteiger partial charge on any atom is -0.497 e. The van der Waals surface area contributed by atoms with E-state index in [9.17, 15) is 4.79 Å². The van der Waals surface area contributed by atoms with Gasteiger partial charge in [0.15, 0.2) is 5.82 Å². The number of methoxy groups -OCH3 is 2. The van der Waals surface area contributed by atoms with Crippen LogP contribution in [0.25, 0.3) is 0 Å². The van der Waals surface area contributed by atoms with Crippen LogP contribution in [-0.4, -0.2) is 53.6 Å². The summed E-state index contributed by atoms with van der Waals surface area (Å²) in [6.07, 6.45) is 0.696. The fraction of sp³-hybridized carbons (Fsp3) is 0.450. The van der Waals surface area contributed by atoms with Crippen LogP contribution in [-0.2, 0) is 6.54 Å². The minimum atomic E-state index is -0.853. The topological polar surface area (TPSA) is 96.8 Å². The van der Waals surface area contributed by atoms with Gasteiger partial charge in [0.1, 0.15) is 11.5 Å². The Morgan fingerprint density at radius 3 is 2.57 bits per heavy atom. The molecule has 2 N–H and O–H groups in total. The van der Waals surface area contributed by atoms with Gasteiger partial charge in [0.2, 0.25) is 0 Å². The van der Waals surface area contributed by atoms with Gasteiger partial charge in [-0.1, -0.05) is 0 Å². The lowest BCUT2D eigenvalue weighted by molar-refractivity contribution is 0.131. The Morgan fingerprint density at radius 1 is 1.21 bits per heavy atom. The highest BCUT2D eigenvalue weighted by atomic mass is 16.5. The first-order valence-electron chi connectivity index (χ1n) is 9.28. The van der Waals surface area contributed by atoms with Crippen LogP contribution in [0.2, 0.25) is 0 Å². The predicted molar refractivity (Wildman–Crippen MR) is 105 cm³/mol. The summed E-state index contributed by atoms with van der Waals surface area (Å²) in [5.41, 5.74) is 2.93. The Bertz CT molecular complexity index is 835. The van der Waals surface area contributed by atoms with Gasteiger partial charge in [0.25, 0.3) is 0 Å². The Morgan fingerprint density at radius 2 is 1.96 bits per heavy atom. The lowest BCUT2D eigenvalue weighted by Gasteiger charge is -2.29. The summed E-state index contributed by atoms with van der Waals surface area (Å²) in [4.78, 5) is 12.5. The third-order valence-corrected chi connectivity index (χ3v) is 5.13. The maximum absolute atomic E-state index is 11.0. The Kier molecular flexibility index (Phi) is 6.18. The van der Waals surface area contributed by atoms with E-state index in [0.29, 0.717) is 19.6 Å². The van der Waals surface area contributed by atoms with E-state index in [0.717, 1.165) is 47.0 Å². The number of piperidine rings is 1. The van der Waals surface area contributed by atoms with E-state index in [1.165, 1.54) is 4.90 Å². The number of carboxylic acid groups (broad SMARTS) is 1. The average molecular weight is 386 g/mol. The van der Waals surface area contributed by atoms with E-state index < -0.39 is 6.09 Å². The number of anilines is 1. The SMILES string of the molecule is COc1ccc(CNc2nnc(C3CCN(C(=O)O)CC3)cc2C)c(OC)c1. The molecule has 1 fully saturated rings. The summed E-state index contributed by atoms with van der Waals surface area (Å²) < 4.78 is 10.7. The molecule has 0 atom stereocenters. The molecule has 1 amide bonds. The smallest absolute Gasteiger partial charge is 0.407 e. The van der Waals surface area contributed by atoms with Crippen molar-refractivity contribution in [3.05, 3.63) is 41.1 Å². The summed E-state index contributed by atoms with van der Waals surface area (Å²) in [7, 11) is 3.26. The van der Waals surface area contributed by atoms with E-state index >= 15 is 0 Å². The van der Waals surface area contributed by atoms with Gasteiger partial charge in [-0.25, -0.2) is 4.79 Å². The maximum Gasteiger partial charge on any atom is 0.407 e. The van der Waals surface area contributed by atoms with Crippen LogP contribution in [0.4, 0.5) is 10.6 Å². The Labute approximate surface area is 164 Å². The summed E-state index contributed by atoms with van der Waals surface area (Å²) in [5.74, 6) is 2.47.